The molecule has 0 aliphatic rings. The predicted octanol–water partition coefficient (Wildman–Crippen LogP) is 2.55. The summed E-state index contributed by atoms with van der Waals surface area (Å²) in [5.41, 5.74) is 0.264. The molecule has 0 bridgehead atoms. The highest BCUT2D eigenvalue weighted by Gasteiger charge is 2.27. The van der Waals surface area contributed by atoms with E-state index in [1.807, 2.05) is 0 Å². The maximum Gasteiger partial charge on any atom is 0.271 e. The van der Waals surface area contributed by atoms with E-state index in [9.17, 15) is 14.3 Å². The number of rotatable bonds is 5. The Kier molecular flexibility index (Phi) is 4.41. The number of benzene rings is 1. The van der Waals surface area contributed by atoms with Gasteiger partial charge in [0.15, 0.2) is 5.69 Å². The van der Waals surface area contributed by atoms with E-state index in [2.05, 4.69) is 10.4 Å². The molecule has 7 heteroatoms. The maximum atomic E-state index is 13.0. The van der Waals surface area contributed by atoms with Crippen LogP contribution in [0.25, 0.3) is 5.69 Å². The number of hydrogen-bond donors (Lipinski definition) is 2. The van der Waals surface area contributed by atoms with Crippen LogP contribution < -0.4 is 5.32 Å². The number of halogens is 1. The molecule has 1 unspecified atom stereocenters. The standard InChI is InChI=1S/C18H18FN3O3/c1-12-10-15(21-22(12)14-7-5-13(19)6-8-14)17(23)20-11-18(2,24)16-4-3-9-25-16/h3-10,24H,11H2,1-2H3,(H,20,23). The Labute approximate surface area is 143 Å². The number of aromatic nitrogens is 2. The molecule has 3 rings (SSSR count). The van der Waals surface area contributed by atoms with Crippen molar-refractivity contribution in [3.63, 3.8) is 0 Å². The minimum absolute atomic E-state index is 0.0260. The number of nitrogens with one attached hydrogen (secondary N) is 1. The van der Waals surface area contributed by atoms with Gasteiger partial charge in [-0.25, -0.2) is 9.07 Å². The Hall–Kier alpha value is -2.93. The lowest BCUT2D eigenvalue weighted by atomic mass is 10.0. The molecule has 0 aliphatic carbocycles. The van der Waals surface area contributed by atoms with Crippen molar-refractivity contribution in [1.29, 1.82) is 0 Å². The highest BCUT2D eigenvalue weighted by atomic mass is 19.1. The van der Waals surface area contributed by atoms with Crippen LogP contribution in [0.2, 0.25) is 0 Å². The maximum absolute atomic E-state index is 13.0. The van der Waals surface area contributed by atoms with Crippen molar-refractivity contribution in [3.05, 3.63) is 71.7 Å². The number of nitrogens with zero attached hydrogens (tertiary/aromatic N) is 2. The fourth-order valence-corrected chi connectivity index (χ4v) is 2.44. The molecular weight excluding hydrogens is 325 g/mol. The van der Waals surface area contributed by atoms with Crippen LogP contribution in [0.15, 0.2) is 53.1 Å². The molecule has 0 radical (unpaired) electrons. The van der Waals surface area contributed by atoms with E-state index in [1.54, 1.807) is 48.9 Å². The minimum Gasteiger partial charge on any atom is -0.466 e. The van der Waals surface area contributed by atoms with Crippen molar-refractivity contribution >= 4 is 5.91 Å². The summed E-state index contributed by atoms with van der Waals surface area (Å²) in [6.07, 6.45) is 1.46. The summed E-state index contributed by atoms with van der Waals surface area (Å²) in [5.74, 6) is -0.400. The molecule has 1 atom stereocenters. The molecule has 25 heavy (non-hydrogen) atoms. The summed E-state index contributed by atoms with van der Waals surface area (Å²) in [5, 5.41) is 17.3. The molecule has 3 aromatic rings. The van der Waals surface area contributed by atoms with Gasteiger partial charge in [-0.3, -0.25) is 4.79 Å². The van der Waals surface area contributed by atoms with E-state index in [0.29, 0.717) is 11.4 Å². The number of carbonyl (C=O) groups is 1. The van der Waals surface area contributed by atoms with Crippen molar-refractivity contribution in [2.45, 2.75) is 19.4 Å². The molecule has 0 aliphatic heterocycles. The fraction of sp³-hybridized carbons (Fsp3) is 0.222. The monoisotopic (exact) mass is 343 g/mol. The molecule has 0 saturated carbocycles. The van der Waals surface area contributed by atoms with Gasteiger partial charge < -0.3 is 14.8 Å². The van der Waals surface area contributed by atoms with Crippen LogP contribution in [0.1, 0.15) is 28.9 Å². The van der Waals surface area contributed by atoms with Crippen LogP contribution in [-0.2, 0) is 5.60 Å². The predicted molar refractivity (Wildman–Crippen MR) is 88.9 cm³/mol. The average Bonchev–Trinajstić information content (AvgIpc) is 3.24. The number of hydrogen-bond acceptors (Lipinski definition) is 4. The van der Waals surface area contributed by atoms with Crippen molar-refractivity contribution < 1.29 is 18.7 Å². The van der Waals surface area contributed by atoms with Crippen molar-refractivity contribution in [2.75, 3.05) is 6.54 Å². The third-order valence-electron chi connectivity index (χ3n) is 3.84. The first-order valence-corrected chi connectivity index (χ1v) is 7.74. The first-order valence-electron chi connectivity index (χ1n) is 7.74. The first kappa shape index (κ1) is 16.9. The molecule has 6 nitrogen and oxygen atoms in total. The van der Waals surface area contributed by atoms with Gasteiger partial charge in [0.1, 0.15) is 17.2 Å². The molecule has 2 aromatic heterocycles. The summed E-state index contributed by atoms with van der Waals surface area (Å²) in [6, 6.07) is 10.8. The van der Waals surface area contributed by atoms with Gasteiger partial charge >= 0.3 is 0 Å². The molecule has 2 heterocycles. The van der Waals surface area contributed by atoms with Crippen molar-refractivity contribution in [3.8, 4) is 5.69 Å². The number of aliphatic hydroxyl groups is 1. The third-order valence-corrected chi connectivity index (χ3v) is 3.84. The van der Waals surface area contributed by atoms with Crippen LogP contribution >= 0.6 is 0 Å². The SMILES string of the molecule is Cc1cc(C(=O)NCC(C)(O)c2ccco2)nn1-c1ccc(F)cc1. The Morgan fingerprint density at radius 2 is 2.08 bits per heavy atom. The molecular formula is C18H18FN3O3. The normalized spacial score (nSPS) is 13.4. The van der Waals surface area contributed by atoms with Gasteiger partial charge in [-0.1, -0.05) is 0 Å². The van der Waals surface area contributed by atoms with Gasteiger partial charge in [-0.05, 0) is 56.3 Å². The smallest absolute Gasteiger partial charge is 0.271 e. The Morgan fingerprint density at radius 1 is 1.36 bits per heavy atom. The molecule has 1 aromatic carbocycles. The second-order valence-electron chi connectivity index (χ2n) is 5.99. The average molecular weight is 343 g/mol. The quantitative estimate of drug-likeness (QED) is 0.746. The van der Waals surface area contributed by atoms with Crippen LogP contribution in [0.4, 0.5) is 4.39 Å². The lowest BCUT2D eigenvalue weighted by molar-refractivity contribution is 0.0329. The van der Waals surface area contributed by atoms with Crippen molar-refractivity contribution in [1.82, 2.24) is 15.1 Å². The molecule has 1 amide bonds. The van der Waals surface area contributed by atoms with Crippen LogP contribution in [0.5, 0.6) is 0 Å². The number of carbonyl (C=O) groups excluding carboxylic acids is 1. The summed E-state index contributed by atoms with van der Waals surface area (Å²) in [4.78, 5) is 12.3. The molecule has 0 saturated heterocycles. The van der Waals surface area contributed by atoms with Gasteiger partial charge in [0.25, 0.3) is 5.91 Å². The van der Waals surface area contributed by atoms with E-state index < -0.39 is 11.5 Å². The zero-order valence-corrected chi connectivity index (χ0v) is 13.9. The molecule has 130 valence electrons. The Morgan fingerprint density at radius 3 is 2.72 bits per heavy atom. The molecule has 0 spiro atoms. The highest BCUT2D eigenvalue weighted by Crippen LogP contribution is 2.20. The van der Waals surface area contributed by atoms with Crippen LogP contribution in [0, 0.1) is 12.7 Å². The van der Waals surface area contributed by atoms with E-state index in [-0.39, 0.29) is 18.1 Å². The van der Waals surface area contributed by atoms with E-state index >= 15 is 0 Å². The lowest BCUT2D eigenvalue weighted by Gasteiger charge is -2.20. The Bertz CT molecular complexity index is 868. The van der Waals surface area contributed by atoms with Gasteiger partial charge in [0, 0.05) is 5.69 Å². The summed E-state index contributed by atoms with van der Waals surface area (Å²) in [6.45, 7) is 3.32. The summed E-state index contributed by atoms with van der Waals surface area (Å²) in [7, 11) is 0. The Balaban J connectivity index is 1.73. The summed E-state index contributed by atoms with van der Waals surface area (Å²) < 4.78 is 19.8. The first-order chi connectivity index (χ1) is 11.9. The molecule has 0 fully saturated rings. The largest absolute Gasteiger partial charge is 0.466 e. The van der Waals surface area contributed by atoms with E-state index in [1.165, 1.54) is 18.4 Å². The number of furan rings is 1. The van der Waals surface area contributed by atoms with Crippen molar-refractivity contribution in [2.24, 2.45) is 0 Å². The highest BCUT2D eigenvalue weighted by molar-refractivity contribution is 5.92. The molecule has 2 N–H and O–H groups in total. The van der Waals surface area contributed by atoms with Crippen LogP contribution in [-0.4, -0.2) is 27.3 Å². The van der Waals surface area contributed by atoms with Crippen LogP contribution in [0.3, 0.4) is 0 Å². The van der Waals surface area contributed by atoms with Gasteiger partial charge in [-0.2, -0.15) is 5.10 Å². The number of aryl methyl sites for hydroxylation is 1. The van der Waals surface area contributed by atoms with Gasteiger partial charge in [0.2, 0.25) is 0 Å². The third kappa shape index (κ3) is 3.61. The zero-order chi connectivity index (χ0) is 18.0. The topological polar surface area (TPSA) is 80.3 Å². The van der Waals surface area contributed by atoms with Gasteiger partial charge in [0.05, 0.1) is 18.5 Å². The lowest BCUT2D eigenvalue weighted by Crippen LogP contribution is -2.38. The van der Waals surface area contributed by atoms with E-state index in [0.717, 1.165) is 5.69 Å². The number of amides is 1. The van der Waals surface area contributed by atoms with E-state index in [4.69, 9.17) is 4.42 Å². The summed E-state index contributed by atoms with van der Waals surface area (Å²) >= 11 is 0. The second kappa shape index (κ2) is 6.52. The zero-order valence-electron chi connectivity index (χ0n) is 13.9. The fourth-order valence-electron chi connectivity index (χ4n) is 2.44. The van der Waals surface area contributed by atoms with Gasteiger partial charge in [-0.15, -0.1) is 0 Å². The minimum atomic E-state index is -1.33. The second-order valence-corrected chi connectivity index (χ2v) is 5.99.